The van der Waals surface area contributed by atoms with Crippen LogP contribution in [0, 0.1) is 0 Å². The lowest BCUT2D eigenvalue weighted by Gasteiger charge is -2.13. The van der Waals surface area contributed by atoms with Crippen LogP contribution in [0.5, 0.6) is 11.5 Å². The molecular weight excluding hydrogens is 274 g/mol. The van der Waals surface area contributed by atoms with Gasteiger partial charge in [0.25, 0.3) is 5.91 Å². The Morgan fingerprint density at radius 1 is 1.43 bits per heavy atom. The standard InChI is InChI=1S/C13H17N5O3/c1-4-21-10-6-5-9(7-11(10)20-3)13(19)14-8(2)12-15-17-18-16-12/h5-8H,4H2,1-3H3,(H,14,19)(H,15,16,17,18). The van der Waals surface area contributed by atoms with E-state index in [-0.39, 0.29) is 11.9 Å². The minimum atomic E-state index is -0.353. The van der Waals surface area contributed by atoms with Crippen molar-refractivity contribution in [1.82, 2.24) is 25.9 Å². The lowest BCUT2D eigenvalue weighted by atomic mass is 10.1. The van der Waals surface area contributed by atoms with E-state index in [9.17, 15) is 4.79 Å². The van der Waals surface area contributed by atoms with Crippen molar-refractivity contribution in [1.29, 1.82) is 0 Å². The van der Waals surface area contributed by atoms with Gasteiger partial charge in [-0.15, -0.1) is 10.2 Å². The van der Waals surface area contributed by atoms with Crippen LogP contribution in [0.2, 0.25) is 0 Å². The number of methoxy groups -OCH3 is 1. The Balaban J connectivity index is 2.12. The second kappa shape index (κ2) is 6.69. The minimum Gasteiger partial charge on any atom is -0.493 e. The highest BCUT2D eigenvalue weighted by Crippen LogP contribution is 2.28. The summed E-state index contributed by atoms with van der Waals surface area (Å²) < 4.78 is 10.6. The third-order valence-corrected chi connectivity index (χ3v) is 2.82. The first-order chi connectivity index (χ1) is 10.2. The number of carbonyl (C=O) groups is 1. The van der Waals surface area contributed by atoms with Gasteiger partial charge >= 0.3 is 0 Å². The van der Waals surface area contributed by atoms with Crippen molar-refractivity contribution in [3.63, 3.8) is 0 Å². The highest BCUT2D eigenvalue weighted by atomic mass is 16.5. The smallest absolute Gasteiger partial charge is 0.252 e. The molecule has 0 bridgehead atoms. The first-order valence-electron chi connectivity index (χ1n) is 6.50. The number of aromatic nitrogens is 4. The molecule has 8 heteroatoms. The van der Waals surface area contributed by atoms with Crippen molar-refractivity contribution in [2.45, 2.75) is 19.9 Å². The number of ether oxygens (including phenoxy) is 2. The summed E-state index contributed by atoms with van der Waals surface area (Å²) in [6, 6.07) is 4.65. The van der Waals surface area contributed by atoms with Crippen LogP contribution < -0.4 is 14.8 Å². The van der Waals surface area contributed by atoms with E-state index in [0.717, 1.165) is 0 Å². The normalized spacial score (nSPS) is 11.8. The molecule has 0 saturated heterocycles. The first-order valence-corrected chi connectivity index (χ1v) is 6.50. The maximum absolute atomic E-state index is 12.2. The van der Waals surface area contributed by atoms with Crippen molar-refractivity contribution in [2.75, 3.05) is 13.7 Å². The molecule has 1 heterocycles. The molecule has 0 fully saturated rings. The first kappa shape index (κ1) is 14.8. The van der Waals surface area contributed by atoms with E-state index in [0.29, 0.717) is 29.5 Å². The van der Waals surface area contributed by atoms with Gasteiger partial charge in [-0.2, -0.15) is 5.21 Å². The molecule has 0 aliphatic carbocycles. The third-order valence-electron chi connectivity index (χ3n) is 2.82. The van der Waals surface area contributed by atoms with Gasteiger partial charge in [-0.1, -0.05) is 5.21 Å². The number of amides is 1. The molecule has 0 spiro atoms. The van der Waals surface area contributed by atoms with Crippen LogP contribution in [0.1, 0.15) is 36.1 Å². The topological polar surface area (TPSA) is 102 Å². The quantitative estimate of drug-likeness (QED) is 0.826. The Morgan fingerprint density at radius 3 is 2.86 bits per heavy atom. The second-order valence-electron chi connectivity index (χ2n) is 4.26. The van der Waals surface area contributed by atoms with E-state index in [1.807, 2.05) is 6.92 Å². The van der Waals surface area contributed by atoms with Crippen LogP contribution in [-0.2, 0) is 0 Å². The van der Waals surface area contributed by atoms with Crippen LogP contribution >= 0.6 is 0 Å². The Bertz CT molecular complexity index is 600. The number of rotatable bonds is 6. The van der Waals surface area contributed by atoms with Crippen LogP contribution in [-0.4, -0.2) is 40.2 Å². The summed E-state index contributed by atoms with van der Waals surface area (Å²) in [5, 5.41) is 16.2. The van der Waals surface area contributed by atoms with Crippen molar-refractivity contribution in [2.24, 2.45) is 0 Å². The molecule has 0 radical (unpaired) electrons. The van der Waals surface area contributed by atoms with Gasteiger partial charge in [-0.05, 0) is 32.0 Å². The molecule has 21 heavy (non-hydrogen) atoms. The number of benzene rings is 1. The zero-order valence-electron chi connectivity index (χ0n) is 12.1. The summed E-state index contributed by atoms with van der Waals surface area (Å²) in [6.07, 6.45) is 0. The molecule has 112 valence electrons. The van der Waals surface area contributed by atoms with Crippen LogP contribution in [0.25, 0.3) is 0 Å². The molecule has 2 N–H and O–H groups in total. The lowest BCUT2D eigenvalue weighted by molar-refractivity contribution is 0.0938. The van der Waals surface area contributed by atoms with E-state index in [1.54, 1.807) is 25.1 Å². The Morgan fingerprint density at radius 2 is 2.24 bits per heavy atom. The number of carbonyl (C=O) groups excluding carboxylic acids is 1. The lowest BCUT2D eigenvalue weighted by Crippen LogP contribution is -2.27. The van der Waals surface area contributed by atoms with E-state index in [4.69, 9.17) is 9.47 Å². The summed E-state index contributed by atoms with van der Waals surface area (Å²) in [7, 11) is 1.53. The molecule has 1 aromatic carbocycles. The van der Waals surface area contributed by atoms with Gasteiger partial charge < -0.3 is 14.8 Å². The van der Waals surface area contributed by atoms with Crippen molar-refractivity contribution in [3.8, 4) is 11.5 Å². The van der Waals surface area contributed by atoms with Gasteiger partial charge in [-0.25, -0.2) is 0 Å². The molecule has 2 rings (SSSR count). The molecule has 8 nitrogen and oxygen atoms in total. The summed E-state index contributed by atoms with van der Waals surface area (Å²) >= 11 is 0. The molecule has 0 aliphatic heterocycles. The maximum Gasteiger partial charge on any atom is 0.252 e. The van der Waals surface area contributed by atoms with Crippen LogP contribution in [0.15, 0.2) is 18.2 Å². The molecule has 2 aromatic rings. The molecule has 0 aliphatic rings. The predicted octanol–water partition coefficient (Wildman–Crippen LogP) is 1.10. The average Bonchev–Trinajstić information content (AvgIpc) is 3.02. The largest absolute Gasteiger partial charge is 0.493 e. The minimum absolute atomic E-state index is 0.256. The van der Waals surface area contributed by atoms with Crippen molar-refractivity contribution < 1.29 is 14.3 Å². The summed E-state index contributed by atoms with van der Waals surface area (Å²) in [5.74, 6) is 1.27. The fraction of sp³-hybridized carbons (Fsp3) is 0.385. The maximum atomic E-state index is 12.2. The zero-order chi connectivity index (χ0) is 15.2. The molecular formula is C13H17N5O3. The van der Waals surface area contributed by atoms with Crippen LogP contribution in [0.3, 0.4) is 0 Å². The highest BCUT2D eigenvalue weighted by molar-refractivity contribution is 5.95. The number of nitrogens with one attached hydrogen (secondary N) is 2. The fourth-order valence-electron chi connectivity index (χ4n) is 1.78. The average molecular weight is 291 g/mol. The van der Waals surface area contributed by atoms with Gasteiger partial charge in [0.1, 0.15) is 0 Å². The van der Waals surface area contributed by atoms with E-state index < -0.39 is 0 Å². The number of aromatic amines is 1. The van der Waals surface area contributed by atoms with Crippen LogP contribution in [0.4, 0.5) is 0 Å². The molecule has 1 amide bonds. The van der Waals surface area contributed by atoms with Crippen molar-refractivity contribution in [3.05, 3.63) is 29.6 Å². The number of hydrogen-bond acceptors (Lipinski definition) is 6. The Hall–Kier alpha value is -2.64. The SMILES string of the molecule is CCOc1ccc(C(=O)NC(C)c2nn[nH]n2)cc1OC. The Kier molecular flexibility index (Phi) is 4.70. The number of tetrazole rings is 1. The monoisotopic (exact) mass is 291 g/mol. The zero-order valence-corrected chi connectivity index (χ0v) is 12.1. The number of H-pyrrole nitrogens is 1. The van der Waals surface area contributed by atoms with E-state index in [1.165, 1.54) is 7.11 Å². The summed E-state index contributed by atoms with van der Waals surface area (Å²) in [6.45, 7) is 4.18. The summed E-state index contributed by atoms with van der Waals surface area (Å²) in [4.78, 5) is 12.2. The second-order valence-corrected chi connectivity index (χ2v) is 4.26. The molecule has 1 atom stereocenters. The molecule has 0 saturated carbocycles. The third kappa shape index (κ3) is 3.47. The van der Waals surface area contributed by atoms with Gasteiger partial charge in [0.05, 0.1) is 19.8 Å². The Labute approximate surface area is 121 Å². The van der Waals surface area contributed by atoms with Gasteiger partial charge in [0, 0.05) is 5.56 Å². The molecule has 1 unspecified atom stereocenters. The number of hydrogen-bond donors (Lipinski definition) is 2. The van der Waals surface area contributed by atoms with E-state index >= 15 is 0 Å². The van der Waals surface area contributed by atoms with E-state index in [2.05, 4.69) is 25.9 Å². The highest BCUT2D eigenvalue weighted by Gasteiger charge is 2.16. The van der Waals surface area contributed by atoms with Gasteiger partial charge in [0.15, 0.2) is 17.3 Å². The van der Waals surface area contributed by atoms with Gasteiger partial charge in [-0.3, -0.25) is 4.79 Å². The number of nitrogens with zero attached hydrogens (tertiary/aromatic N) is 3. The van der Waals surface area contributed by atoms with Gasteiger partial charge in [0.2, 0.25) is 0 Å². The fourth-order valence-corrected chi connectivity index (χ4v) is 1.78. The van der Waals surface area contributed by atoms with Crippen molar-refractivity contribution >= 4 is 5.91 Å². The molecule has 1 aromatic heterocycles. The predicted molar refractivity (Wildman–Crippen MR) is 74.2 cm³/mol. The summed E-state index contributed by atoms with van der Waals surface area (Å²) in [5.41, 5.74) is 0.464.